The fourth-order valence-corrected chi connectivity index (χ4v) is 2.67. The van der Waals surface area contributed by atoms with Crippen LogP contribution in [0, 0.1) is 17.5 Å². The van der Waals surface area contributed by atoms with Crippen LogP contribution in [0.5, 0.6) is 0 Å². The largest absolute Gasteiger partial charge is 0.374 e. The number of likely N-dealkylation sites (N-methyl/N-ethyl adjacent to an activating group) is 1. The lowest BCUT2D eigenvalue weighted by atomic mass is 9.98. The summed E-state index contributed by atoms with van der Waals surface area (Å²) in [6.07, 6.45) is 0.770. The lowest BCUT2D eigenvalue weighted by Gasteiger charge is -2.39. The molecule has 0 radical (unpaired) electrons. The standard InChI is InChI=1S/C15H21F3N2O/c1-3-4-19-9-13-15(20(2)5-6-21-13)10-7-11(16)14(18)12(17)8-10/h7-8,13,15,19H,3-6,9H2,1-2H3. The molecule has 1 aromatic rings. The molecule has 0 aliphatic carbocycles. The number of nitrogens with zero attached hydrogens (tertiary/aromatic N) is 1. The first-order valence-electron chi connectivity index (χ1n) is 7.21. The van der Waals surface area contributed by atoms with Gasteiger partial charge in [-0.2, -0.15) is 0 Å². The Hall–Kier alpha value is -1.11. The van der Waals surface area contributed by atoms with Crippen LogP contribution in [-0.4, -0.2) is 44.3 Å². The molecule has 1 aliphatic heterocycles. The molecule has 0 bridgehead atoms. The Morgan fingerprint density at radius 2 is 1.95 bits per heavy atom. The average Bonchev–Trinajstić information content (AvgIpc) is 2.45. The number of hydrogen-bond acceptors (Lipinski definition) is 3. The van der Waals surface area contributed by atoms with E-state index < -0.39 is 17.5 Å². The molecule has 1 saturated heterocycles. The van der Waals surface area contributed by atoms with Gasteiger partial charge in [-0.25, -0.2) is 13.2 Å². The molecule has 2 unspecified atom stereocenters. The predicted molar refractivity (Wildman–Crippen MR) is 74.6 cm³/mol. The zero-order valence-corrected chi connectivity index (χ0v) is 12.3. The van der Waals surface area contributed by atoms with Crippen molar-refractivity contribution in [2.75, 3.05) is 33.3 Å². The molecule has 2 rings (SSSR count). The van der Waals surface area contributed by atoms with E-state index in [1.807, 2.05) is 11.9 Å². The van der Waals surface area contributed by atoms with Crippen molar-refractivity contribution in [2.24, 2.45) is 0 Å². The van der Waals surface area contributed by atoms with Crippen molar-refractivity contribution < 1.29 is 17.9 Å². The monoisotopic (exact) mass is 302 g/mol. The SMILES string of the molecule is CCCNCC1OCCN(C)C1c1cc(F)c(F)c(F)c1. The molecule has 1 aliphatic rings. The fraction of sp³-hybridized carbons (Fsp3) is 0.600. The summed E-state index contributed by atoms with van der Waals surface area (Å²) in [6.45, 7) is 4.72. The molecule has 118 valence electrons. The van der Waals surface area contributed by atoms with E-state index in [1.165, 1.54) is 0 Å². The number of halogens is 3. The molecule has 0 amide bonds. The van der Waals surface area contributed by atoms with E-state index in [4.69, 9.17) is 4.74 Å². The summed E-state index contributed by atoms with van der Waals surface area (Å²) in [6, 6.07) is 1.81. The Bertz CT molecular complexity index is 461. The highest BCUT2D eigenvalue weighted by atomic mass is 19.2. The van der Waals surface area contributed by atoms with Crippen LogP contribution in [0.25, 0.3) is 0 Å². The number of ether oxygens (including phenoxy) is 1. The summed E-state index contributed by atoms with van der Waals surface area (Å²) in [4.78, 5) is 1.98. The average molecular weight is 302 g/mol. The first kappa shape index (κ1) is 16.3. The molecule has 6 heteroatoms. The van der Waals surface area contributed by atoms with Gasteiger partial charge in [-0.1, -0.05) is 6.92 Å². The third-order valence-corrected chi connectivity index (χ3v) is 3.72. The van der Waals surface area contributed by atoms with Crippen LogP contribution in [0.2, 0.25) is 0 Å². The van der Waals surface area contributed by atoms with Crippen LogP contribution in [0.4, 0.5) is 13.2 Å². The minimum atomic E-state index is -1.43. The van der Waals surface area contributed by atoms with Crippen molar-refractivity contribution in [2.45, 2.75) is 25.5 Å². The van der Waals surface area contributed by atoms with Crippen LogP contribution in [0.3, 0.4) is 0 Å². The van der Waals surface area contributed by atoms with Crippen LogP contribution in [0.15, 0.2) is 12.1 Å². The van der Waals surface area contributed by atoms with Crippen LogP contribution in [0.1, 0.15) is 24.9 Å². The highest BCUT2D eigenvalue weighted by molar-refractivity contribution is 5.24. The van der Waals surface area contributed by atoms with E-state index in [0.717, 1.165) is 25.1 Å². The Kier molecular flexibility index (Phi) is 5.61. The Morgan fingerprint density at radius 1 is 1.29 bits per heavy atom. The molecule has 1 aromatic carbocycles. The molecule has 0 aromatic heterocycles. The molecule has 21 heavy (non-hydrogen) atoms. The first-order valence-corrected chi connectivity index (χ1v) is 7.21. The van der Waals surface area contributed by atoms with Gasteiger partial charge in [-0.05, 0) is 37.7 Å². The van der Waals surface area contributed by atoms with Crippen LogP contribution < -0.4 is 5.32 Å². The van der Waals surface area contributed by atoms with E-state index >= 15 is 0 Å². The zero-order valence-electron chi connectivity index (χ0n) is 12.3. The molecule has 3 nitrogen and oxygen atoms in total. The van der Waals surface area contributed by atoms with E-state index in [1.54, 1.807) is 0 Å². The second-order valence-electron chi connectivity index (χ2n) is 5.34. The van der Waals surface area contributed by atoms with Gasteiger partial charge in [0.2, 0.25) is 0 Å². The van der Waals surface area contributed by atoms with Gasteiger partial charge >= 0.3 is 0 Å². The zero-order chi connectivity index (χ0) is 15.4. The highest BCUT2D eigenvalue weighted by Gasteiger charge is 2.32. The molecule has 1 heterocycles. The number of nitrogens with one attached hydrogen (secondary N) is 1. The van der Waals surface area contributed by atoms with Gasteiger partial charge in [-0.3, -0.25) is 4.90 Å². The van der Waals surface area contributed by atoms with Crippen molar-refractivity contribution in [1.29, 1.82) is 0 Å². The topological polar surface area (TPSA) is 24.5 Å². The lowest BCUT2D eigenvalue weighted by molar-refractivity contribution is -0.0614. The molecule has 0 spiro atoms. The molecule has 1 N–H and O–H groups in total. The van der Waals surface area contributed by atoms with E-state index in [9.17, 15) is 13.2 Å². The Morgan fingerprint density at radius 3 is 2.57 bits per heavy atom. The molecular formula is C15H21F3N2O. The second-order valence-corrected chi connectivity index (χ2v) is 5.34. The van der Waals surface area contributed by atoms with Crippen molar-refractivity contribution in [1.82, 2.24) is 10.2 Å². The van der Waals surface area contributed by atoms with Gasteiger partial charge in [0, 0.05) is 13.1 Å². The summed E-state index contributed by atoms with van der Waals surface area (Å²) >= 11 is 0. The van der Waals surface area contributed by atoms with E-state index in [-0.39, 0.29) is 12.1 Å². The third-order valence-electron chi connectivity index (χ3n) is 3.72. The Balaban J connectivity index is 2.23. The second kappa shape index (κ2) is 7.24. The van der Waals surface area contributed by atoms with Crippen molar-refractivity contribution in [3.63, 3.8) is 0 Å². The van der Waals surface area contributed by atoms with Gasteiger partial charge in [0.15, 0.2) is 17.5 Å². The number of benzene rings is 1. The highest BCUT2D eigenvalue weighted by Crippen LogP contribution is 2.30. The Labute approximate surface area is 123 Å². The van der Waals surface area contributed by atoms with Crippen LogP contribution >= 0.6 is 0 Å². The predicted octanol–water partition coefficient (Wildman–Crippen LogP) is 2.48. The summed E-state index contributed by atoms with van der Waals surface area (Å²) < 4.78 is 45.8. The summed E-state index contributed by atoms with van der Waals surface area (Å²) in [5.74, 6) is -3.76. The summed E-state index contributed by atoms with van der Waals surface area (Å²) in [5, 5.41) is 3.25. The minimum Gasteiger partial charge on any atom is -0.374 e. The minimum absolute atomic E-state index is 0.223. The summed E-state index contributed by atoms with van der Waals surface area (Å²) in [7, 11) is 1.87. The van der Waals surface area contributed by atoms with Gasteiger partial charge in [0.1, 0.15) is 0 Å². The van der Waals surface area contributed by atoms with Gasteiger partial charge < -0.3 is 10.1 Å². The fourth-order valence-electron chi connectivity index (χ4n) is 2.67. The van der Waals surface area contributed by atoms with Gasteiger partial charge in [0.05, 0.1) is 18.8 Å². The van der Waals surface area contributed by atoms with Gasteiger partial charge in [0.25, 0.3) is 0 Å². The van der Waals surface area contributed by atoms with Gasteiger partial charge in [-0.15, -0.1) is 0 Å². The maximum Gasteiger partial charge on any atom is 0.194 e. The van der Waals surface area contributed by atoms with Crippen molar-refractivity contribution >= 4 is 0 Å². The molecular weight excluding hydrogens is 281 g/mol. The normalized spacial score (nSPS) is 23.5. The van der Waals surface area contributed by atoms with Crippen molar-refractivity contribution in [3.05, 3.63) is 35.1 Å². The first-order chi connectivity index (χ1) is 10.0. The number of rotatable bonds is 5. The van der Waals surface area contributed by atoms with E-state index in [0.29, 0.717) is 25.3 Å². The maximum atomic E-state index is 13.5. The number of morpholine rings is 1. The quantitative estimate of drug-likeness (QED) is 0.668. The molecule has 0 saturated carbocycles. The number of hydrogen-bond donors (Lipinski definition) is 1. The maximum absolute atomic E-state index is 13.5. The third kappa shape index (κ3) is 3.75. The van der Waals surface area contributed by atoms with E-state index in [2.05, 4.69) is 12.2 Å². The smallest absolute Gasteiger partial charge is 0.194 e. The van der Waals surface area contributed by atoms with Crippen molar-refractivity contribution in [3.8, 4) is 0 Å². The lowest BCUT2D eigenvalue weighted by Crippen LogP contribution is -2.47. The van der Waals surface area contributed by atoms with Crippen LogP contribution in [-0.2, 0) is 4.74 Å². The molecule has 2 atom stereocenters. The summed E-state index contributed by atoms with van der Waals surface area (Å²) in [5.41, 5.74) is 0.400. The molecule has 1 fully saturated rings.